The van der Waals surface area contributed by atoms with Crippen molar-refractivity contribution in [2.45, 2.75) is 24.1 Å². The summed E-state index contributed by atoms with van der Waals surface area (Å²) in [6, 6.07) is 7.27. The van der Waals surface area contributed by atoms with Crippen molar-refractivity contribution in [3.05, 3.63) is 30.6 Å². The van der Waals surface area contributed by atoms with Crippen LogP contribution in [0.3, 0.4) is 0 Å². The summed E-state index contributed by atoms with van der Waals surface area (Å²) in [5, 5.41) is 7.87. The lowest BCUT2D eigenvalue weighted by atomic mass is 10.2. The summed E-state index contributed by atoms with van der Waals surface area (Å²) in [6.45, 7) is 2.76. The van der Waals surface area contributed by atoms with Gasteiger partial charge in [0.15, 0.2) is 22.7 Å². The fraction of sp³-hybridized carbons (Fsp3) is 0.250. The van der Waals surface area contributed by atoms with Crippen LogP contribution in [0.1, 0.15) is 13.8 Å². The van der Waals surface area contributed by atoms with Gasteiger partial charge >= 0.3 is 0 Å². The summed E-state index contributed by atoms with van der Waals surface area (Å²) in [6.07, 6.45) is 1.37. The van der Waals surface area contributed by atoms with Gasteiger partial charge in [-0.2, -0.15) is 4.68 Å². The molecule has 0 aliphatic carbocycles. The van der Waals surface area contributed by atoms with Crippen molar-refractivity contribution in [2.24, 2.45) is 0 Å². The van der Waals surface area contributed by atoms with Crippen LogP contribution in [-0.4, -0.2) is 48.9 Å². The van der Waals surface area contributed by atoms with Crippen LogP contribution < -0.4 is 4.74 Å². The zero-order chi connectivity index (χ0) is 18.0. The highest BCUT2D eigenvalue weighted by Gasteiger charge is 2.24. The first-order valence-corrected chi connectivity index (χ1v) is 8.27. The van der Waals surface area contributed by atoms with E-state index in [0.29, 0.717) is 16.2 Å². The third-order valence-electron chi connectivity index (χ3n) is 3.49. The fourth-order valence-corrected chi connectivity index (χ4v) is 3.18. The Morgan fingerprint density at radius 3 is 2.40 bits per heavy atom. The molecule has 0 radical (unpaired) electrons. The summed E-state index contributed by atoms with van der Waals surface area (Å²) in [4.78, 5) is 31.7. The number of Topliss-reactive ketones (excluding diaryl/α,β-unsaturated/α-hetero) is 2. The van der Waals surface area contributed by atoms with Crippen LogP contribution in [0.25, 0.3) is 16.9 Å². The van der Waals surface area contributed by atoms with Crippen LogP contribution in [0.2, 0.25) is 0 Å². The molecule has 0 atom stereocenters. The highest BCUT2D eigenvalue weighted by molar-refractivity contribution is 8.01. The van der Waals surface area contributed by atoms with Gasteiger partial charge in [-0.25, -0.2) is 9.97 Å². The van der Waals surface area contributed by atoms with E-state index in [0.717, 1.165) is 23.2 Å². The third-order valence-corrected chi connectivity index (χ3v) is 4.91. The number of nitrogens with zero attached hydrogens (tertiary/aromatic N) is 5. The smallest absolute Gasteiger partial charge is 0.187 e. The topological polar surface area (TPSA) is 99.9 Å². The molecule has 0 unspecified atom stereocenters. The SMILES string of the molecule is COc1ccc(-n2nnc3c(SC(C(C)=O)C(C)=O)ncnc32)cc1. The molecule has 0 saturated heterocycles. The van der Waals surface area contributed by atoms with Gasteiger partial charge < -0.3 is 4.74 Å². The third kappa shape index (κ3) is 3.36. The first kappa shape index (κ1) is 17.0. The average molecular weight is 357 g/mol. The number of aromatic nitrogens is 5. The van der Waals surface area contributed by atoms with Crippen molar-refractivity contribution in [1.82, 2.24) is 25.0 Å². The Morgan fingerprint density at radius 2 is 1.80 bits per heavy atom. The first-order chi connectivity index (χ1) is 12.0. The second kappa shape index (κ2) is 6.98. The van der Waals surface area contributed by atoms with E-state index in [1.165, 1.54) is 20.2 Å². The number of carbonyl (C=O) groups excluding carboxylic acids is 2. The van der Waals surface area contributed by atoms with Crippen molar-refractivity contribution >= 4 is 34.5 Å². The lowest BCUT2D eigenvalue weighted by Gasteiger charge is -2.09. The molecule has 2 aromatic heterocycles. The van der Waals surface area contributed by atoms with Crippen molar-refractivity contribution < 1.29 is 14.3 Å². The predicted molar refractivity (Wildman–Crippen MR) is 92.0 cm³/mol. The van der Waals surface area contributed by atoms with Gasteiger partial charge in [-0.15, -0.1) is 5.10 Å². The average Bonchev–Trinajstić information content (AvgIpc) is 3.04. The highest BCUT2D eigenvalue weighted by atomic mass is 32.2. The minimum atomic E-state index is -0.816. The van der Waals surface area contributed by atoms with Gasteiger partial charge in [0.2, 0.25) is 0 Å². The second-order valence-electron chi connectivity index (χ2n) is 5.27. The van der Waals surface area contributed by atoms with Crippen molar-refractivity contribution in [2.75, 3.05) is 7.11 Å². The van der Waals surface area contributed by atoms with Gasteiger partial charge in [-0.3, -0.25) is 9.59 Å². The summed E-state index contributed by atoms with van der Waals surface area (Å²) in [5.74, 6) is 0.267. The van der Waals surface area contributed by atoms with Crippen molar-refractivity contribution in [1.29, 1.82) is 0 Å². The fourth-order valence-electron chi connectivity index (χ4n) is 2.28. The Morgan fingerprint density at radius 1 is 1.12 bits per heavy atom. The number of hydrogen-bond donors (Lipinski definition) is 0. The molecule has 2 heterocycles. The molecular weight excluding hydrogens is 342 g/mol. The number of methoxy groups -OCH3 is 1. The lowest BCUT2D eigenvalue weighted by Crippen LogP contribution is -2.22. The molecule has 0 N–H and O–H groups in total. The summed E-state index contributed by atoms with van der Waals surface area (Å²) < 4.78 is 6.71. The van der Waals surface area contributed by atoms with Gasteiger partial charge in [0, 0.05) is 0 Å². The molecule has 0 bridgehead atoms. The predicted octanol–water partition coefficient (Wildman–Crippen LogP) is 1.86. The van der Waals surface area contributed by atoms with Crippen LogP contribution in [0.15, 0.2) is 35.6 Å². The molecule has 3 aromatic rings. The van der Waals surface area contributed by atoms with Crippen LogP contribution in [0.4, 0.5) is 0 Å². The molecule has 25 heavy (non-hydrogen) atoms. The standard InChI is InChI=1S/C16H15N5O3S/c1-9(22)14(10(2)23)25-16-13-15(17-8-18-16)21(20-19-13)11-4-6-12(24-3)7-5-11/h4-8,14H,1-3H3. The number of carbonyl (C=O) groups is 2. The number of benzene rings is 1. The molecule has 0 spiro atoms. The number of thioether (sulfide) groups is 1. The first-order valence-electron chi connectivity index (χ1n) is 7.39. The number of ketones is 2. The minimum Gasteiger partial charge on any atom is -0.497 e. The second-order valence-corrected chi connectivity index (χ2v) is 6.36. The van der Waals surface area contributed by atoms with Gasteiger partial charge in [-0.1, -0.05) is 17.0 Å². The normalized spacial score (nSPS) is 11.0. The summed E-state index contributed by atoms with van der Waals surface area (Å²) in [7, 11) is 1.59. The maximum atomic E-state index is 11.7. The molecule has 0 amide bonds. The number of fused-ring (bicyclic) bond motifs is 1. The molecule has 0 aliphatic heterocycles. The zero-order valence-corrected chi connectivity index (χ0v) is 14.6. The van der Waals surface area contributed by atoms with Crippen molar-refractivity contribution in [3.63, 3.8) is 0 Å². The van der Waals surface area contributed by atoms with E-state index in [-0.39, 0.29) is 11.6 Å². The van der Waals surface area contributed by atoms with E-state index in [1.54, 1.807) is 23.9 Å². The maximum absolute atomic E-state index is 11.7. The van der Waals surface area contributed by atoms with Crippen LogP contribution in [-0.2, 0) is 9.59 Å². The van der Waals surface area contributed by atoms with Crippen LogP contribution >= 0.6 is 11.8 Å². The number of rotatable bonds is 6. The Bertz CT molecular complexity index is 925. The van der Waals surface area contributed by atoms with Crippen LogP contribution in [0.5, 0.6) is 5.75 Å². The van der Waals surface area contributed by atoms with Gasteiger partial charge in [0.1, 0.15) is 22.4 Å². The number of hydrogen-bond acceptors (Lipinski definition) is 8. The Kier molecular flexibility index (Phi) is 4.75. The highest BCUT2D eigenvalue weighted by Crippen LogP contribution is 2.28. The minimum absolute atomic E-state index is 0.230. The molecule has 8 nitrogen and oxygen atoms in total. The molecule has 128 valence electrons. The Balaban J connectivity index is 2.02. The molecule has 0 aliphatic rings. The largest absolute Gasteiger partial charge is 0.497 e. The van der Waals surface area contributed by atoms with Crippen LogP contribution in [0, 0.1) is 0 Å². The van der Waals surface area contributed by atoms with Crippen molar-refractivity contribution in [3.8, 4) is 11.4 Å². The van der Waals surface area contributed by atoms with E-state index >= 15 is 0 Å². The lowest BCUT2D eigenvalue weighted by molar-refractivity contribution is -0.123. The molecule has 0 fully saturated rings. The van der Waals surface area contributed by atoms with Gasteiger partial charge in [0.05, 0.1) is 12.8 Å². The zero-order valence-electron chi connectivity index (χ0n) is 13.8. The summed E-state index contributed by atoms with van der Waals surface area (Å²) >= 11 is 1.06. The Labute approximate surface area is 147 Å². The van der Waals surface area contributed by atoms with E-state index < -0.39 is 5.25 Å². The quantitative estimate of drug-likeness (QED) is 0.374. The number of ether oxygens (including phenoxy) is 1. The summed E-state index contributed by atoms with van der Waals surface area (Å²) in [5.41, 5.74) is 1.69. The molecule has 0 saturated carbocycles. The van der Waals surface area contributed by atoms with E-state index in [4.69, 9.17) is 4.74 Å². The monoisotopic (exact) mass is 357 g/mol. The van der Waals surface area contributed by atoms with E-state index in [9.17, 15) is 9.59 Å². The Hall–Kier alpha value is -2.81. The van der Waals surface area contributed by atoms with Gasteiger partial charge in [0.25, 0.3) is 0 Å². The molecule has 1 aromatic carbocycles. The van der Waals surface area contributed by atoms with E-state index in [2.05, 4.69) is 20.3 Å². The molecule has 9 heteroatoms. The molecular formula is C16H15N5O3S. The molecule has 3 rings (SSSR count). The van der Waals surface area contributed by atoms with Gasteiger partial charge in [-0.05, 0) is 38.1 Å². The maximum Gasteiger partial charge on any atom is 0.187 e. The van der Waals surface area contributed by atoms with E-state index in [1.807, 2.05) is 12.1 Å².